The van der Waals surface area contributed by atoms with Crippen LogP contribution in [0.25, 0.3) is 0 Å². The van der Waals surface area contributed by atoms with E-state index in [9.17, 15) is 9.59 Å². The van der Waals surface area contributed by atoms with Gasteiger partial charge >= 0.3 is 0 Å². The van der Waals surface area contributed by atoms with Gasteiger partial charge in [-0.2, -0.15) is 5.10 Å². The maximum atomic E-state index is 12.8. The number of nitrogens with zero attached hydrogens (tertiary/aromatic N) is 3. The summed E-state index contributed by atoms with van der Waals surface area (Å²) in [4.78, 5) is 25.1. The van der Waals surface area contributed by atoms with E-state index in [0.29, 0.717) is 17.1 Å². The van der Waals surface area contributed by atoms with Crippen LogP contribution in [0.15, 0.2) is 17.2 Å². The predicted octanol–water partition coefficient (Wildman–Crippen LogP) is 2.58. The van der Waals surface area contributed by atoms with Crippen LogP contribution in [-0.2, 0) is 11.8 Å². The van der Waals surface area contributed by atoms with Crippen LogP contribution in [0.1, 0.15) is 60.9 Å². The molecule has 1 atom stereocenters. The van der Waals surface area contributed by atoms with Crippen LogP contribution >= 0.6 is 11.8 Å². The molecule has 0 spiro atoms. The molecule has 7 nitrogen and oxygen atoms in total. The summed E-state index contributed by atoms with van der Waals surface area (Å²) in [5, 5.41) is 10.0. The molecule has 1 fully saturated rings. The van der Waals surface area contributed by atoms with Gasteiger partial charge in [-0.05, 0) is 12.8 Å². The van der Waals surface area contributed by atoms with E-state index in [-0.39, 0.29) is 22.8 Å². The summed E-state index contributed by atoms with van der Waals surface area (Å²) >= 11 is 1.48. The summed E-state index contributed by atoms with van der Waals surface area (Å²) in [6.45, 7) is 0. The molecule has 8 heteroatoms. The third-order valence-corrected chi connectivity index (χ3v) is 6.35. The van der Waals surface area contributed by atoms with Crippen molar-refractivity contribution in [3.8, 4) is 0 Å². The van der Waals surface area contributed by atoms with Crippen LogP contribution in [-0.4, -0.2) is 31.2 Å². The van der Waals surface area contributed by atoms with Crippen molar-refractivity contribution < 1.29 is 4.79 Å². The molecular formula is C17H23N5O2S. The Kier molecular flexibility index (Phi) is 4.45. The lowest BCUT2D eigenvalue weighted by atomic mass is 10.1. The topological polar surface area (TPSA) is 84.7 Å². The number of aromatic nitrogens is 4. The average molecular weight is 361 g/mol. The first-order chi connectivity index (χ1) is 12.1. The quantitative estimate of drug-likeness (QED) is 0.805. The smallest absolute Gasteiger partial charge is 0.270 e. The second-order valence-corrected chi connectivity index (χ2v) is 8.00. The molecule has 3 heterocycles. The lowest BCUT2D eigenvalue weighted by molar-refractivity contribution is -0.113. The molecule has 0 saturated heterocycles. The van der Waals surface area contributed by atoms with Gasteiger partial charge in [0, 0.05) is 18.8 Å². The summed E-state index contributed by atoms with van der Waals surface area (Å²) in [6.07, 6.45) is 10.6. The van der Waals surface area contributed by atoms with Crippen LogP contribution < -0.4 is 10.9 Å². The number of anilines is 1. The number of hydrogen-bond acceptors (Lipinski definition) is 4. The maximum absolute atomic E-state index is 12.8. The highest BCUT2D eigenvalue weighted by Crippen LogP contribution is 2.41. The second-order valence-electron chi connectivity index (χ2n) is 6.91. The first-order valence-electron chi connectivity index (χ1n) is 8.88. The minimum Gasteiger partial charge on any atom is -0.310 e. The summed E-state index contributed by atoms with van der Waals surface area (Å²) in [7, 11) is 1.86. The van der Waals surface area contributed by atoms with Gasteiger partial charge in [-0.25, -0.2) is 0 Å². The number of aryl methyl sites for hydroxylation is 1. The molecule has 4 rings (SSSR count). The number of nitrogens with one attached hydrogen (secondary N) is 2. The average Bonchev–Trinajstić information content (AvgIpc) is 2.95. The minimum absolute atomic E-state index is 0.0565. The molecule has 2 aromatic heterocycles. The Morgan fingerprint density at radius 3 is 2.64 bits per heavy atom. The van der Waals surface area contributed by atoms with Gasteiger partial charge in [-0.3, -0.25) is 24.1 Å². The largest absolute Gasteiger partial charge is 0.310 e. The van der Waals surface area contributed by atoms with Crippen molar-refractivity contribution in [2.45, 2.75) is 49.8 Å². The first kappa shape index (κ1) is 16.5. The number of amides is 1. The van der Waals surface area contributed by atoms with Crippen molar-refractivity contribution in [2.75, 3.05) is 11.1 Å². The Hall–Kier alpha value is -1.96. The monoisotopic (exact) mass is 361 g/mol. The van der Waals surface area contributed by atoms with Gasteiger partial charge in [0.15, 0.2) is 0 Å². The van der Waals surface area contributed by atoms with Gasteiger partial charge in [0.05, 0.1) is 28.8 Å². The molecule has 0 aromatic carbocycles. The van der Waals surface area contributed by atoms with Crippen molar-refractivity contribution in [1.82, 2.24) is 19.6 Å². The SMILES string of the molecule is Cn1cc(C2SCC(=O)Nc3c2c(=O)[nH]n3C2CCCCCC2)cn1. The van der Waals surface area contributed by atoms with Crippen molar-refractivity contribution in [3.63, 3.8) is 0 Å². The number of carbonyl (C=O) groups excluding carboxylic acids is 1. The van der Waals surface area contributed by atoms with E-state index in [0.717, 1.165) is 31.2 Å². The Balaban J connectivity index is 1.80. The Morgan fingerprint density at radius 1 is 1.20 bits per heavy atom. The fourth-order valence-corrected chi connectivity index (χ4v) is 4.96. The van der Waals surface area contributed by atoms with E-state index in [1.807, 2.05) is 17.9 Å². The standard InChI is InChI=1S/C17H23N5O2S/c1-21-9-11(8-18-21)15-14-16(19-13(23)10-25-15)22(20-17(14)24)12-6-4-2-3-5-7-12/h8-9,12,15H,2-7,10H2,1H3,(H,19,23)(H,20,24). The molecule has 1 amide bonds. The predicted molar refractivity (Wildman–Crippen MR) is 97.9 cm³/mol. The molecule has 2 aliphatic rings. The summed E-state index contributed by atoms with van der Waals surface area (Å²) in [5.74, 6) is 0.929. The Labute approximate surface area is 150 Å². The molecule has 0 bridgehead atoms. The summed E-state index contributed by atoms with van der Waals surface area (Å²) in [5.41, 5.74) is 1.49. The zero-order valence-electron chi connectivity index (χ0n) is 14.3. The third-order valence-electron chi connectivity index (χ3n) is 5.08. The molecule has 1 saturated carbocycles. The van der Waals surface area contributed by atoms with E-state index in [1.54, 1.807) is 10.9 Å². The van der Waals surface area contributed by atoms with Gasteiger partial charge in [0.1, 0.15) is 5.82 Å². The van der Waals surface area contributed by atoms with E-state index >= 15 is 0 Å². The summed E-state index contributed by atoms with van der Waals surface area (Å²) in [6, 6.07) is 0.247. The van der Waals surface area contributed by atoms with Crippen LogP contribution in [0.5, 0.6) is 0 Å². The highest BCUT2D eigenvalue weighted by molar-refractivity contribution is 8.00. The highest BCUT2D eigenvalue weighted by Gasteiger charge is 2.32. The van der Waals surface area contributed by atoms with Gasteiger partial charge in [-0.15, -0.1) is 11.8 Å². The van der Waals surface area contributed by atoms with E-state index in [4.69, 9.17) is 0 Å². The number of hydrogen-bond donors (Lipinski definition) is 2. The number of H-pyrrole nitrogens is 1. The zero-order chi connectivity index (χ0) is 17.4. The van der Waals surface area contributed by atoms with Crippen LogP contribution in [0.4, 0.5) is 5.82 Å². The Bertz CT molecular complexity index is 828. The molecule has 1 unspecified atom stereocenters. The first-order valence-corrected chi connectivity index (χ1v) is 9.93. The van der Waals surface area contributed by atoms with E-state index < -0.39 is 0 Å². The molecule has 2 aromatic rings. The van der Waals surface area contributed by atoms with Crippen molar-refractivity contribution in [2.24, 2.45) is 7.05 Å². The fourth-order valence-electron chi connectivity index (χ4n) is 3.87. The minimum atomic E-state index is -0.182. The van der Waals surface area contributed by atoms with Gasteiger partial charge < -0.3 is 5.32 Å². The highest BCUT2D eigenvalue weighted by atomic mass is 32.2. The number of carbonyl (C=O) groups is 1. The molecule has 134 valence electrons. The molecule has 2 N–H and O–H groups in total. The number of aromatic amines is 1. The fraction of sp³-hybridized carbons (Fsp3) is 0.588. The number of thioether (sulfide) groups is 1. The van der Waals surface area contributed by atoms with Crippen LogP contribution in [0.2, 0.25) is 0 Å². The third kappa shape index (κ3) is 3.15. The zero-order valence-corrected chi connectivity index (χ0v) is 15.1. The molecule has 0 radical (unpaired) electrons. The van der Waals surface area contributed by atoms with Gasteiger partial charge in [0.25, 0.3) is 5.56 Å². The normalized spacial score (nSPS) is 22.1. The number of rotatable bonds is 2. The van der Waals surface area contributed by atoms with Crippen molar-refractivity contribution in [1.29, 1.82) is 0 Å². The lowest BCUT2D eigenvalue weighted by Crippen LogP contribution is -2.19. The number of fused-ring (bicyclic) bond motifs is 1. The van der Waals surface area contributed by atoms with Gasteiger partial charge in [-0.1, -0.05) is 25.7 Å². The lowest BCUT2D eigenvalue weighted by Gasteiger charge is -2.19. The summed E-state index contributed by atoms with van der Waals surface area (Å²) < 4.78 is 3.66. The maximum Gasteiger partial charge on any atom is 0.270 e. The van der Waals surface area contributed by atoms with E-state index in [1.165, 1.54) is 24.6 Å². The Morgan fingerprint density at radius 2 is 1.96 bits per heavy atom. The van der Waals surface area contributed by atoms with Crippen LogP contribution in [0, 0.1) is 0 Å². The molecule has 1 aliphatic heterocycles. The van der Waals surface area contributed by atoms with Crippen LogP contribution in [0.3, 0.4) is 0 Å². The molecular weight excluding hydrogens is 338 g/mol. The second kappa shape index (κ2) is 6.74. The van der Waals surface area contributed by atoms with E-state index in [2.05, 4.69) is 15.5 Å². The molecule has 1 aliphatic carbocycles. The van der Waals surface area contributed by atoms with Crippen molar-refractivity contribution >= 4 is 23.5 Å². The molecule has 25 heavy (non-hydrogen) atoms. The van der Waals surface area contributed by atoms with Gasteiger partial charge in [0.2, 0.25) is 5.91 Å². The van der Waals surface area contributed by atoms with Crippen molar-refractivity contribution in [3.05, 3.63) is 33.9 Å².